The van der Waals surface area contributed by atoms with E-state index in [-0.39, 0.29) is 11.0 Å². The Hall–Kier alpha value is -2.22. The Labute approximate surface area is 150 Å². The van der Waals surface area contributed by atoms with E-state index < -0.39 is 0 Å². The summed E-state index contributed by atoms with van der Waals surface area (Å²) < 4.78 is 10.3. The second kappa shape index (κ2) is 9.17. The summed E-state index contributed by atoms with van der Waals surface area (Å²) in [5.74, 6) is 0.342. The molecule has 8 heteroatoms. The molecule has 24 heavy (non-hydrogen) atoms. The van der Waals surface area contributed by atoms with E-state index in [9.17, 15) is 4.79 Å². The zero-order chi connectivity index (χ0) is 17.4. The lowest BCUT2D eigenvalue weighted by Gasteiger charge is -2.10. The van der Waals surface area contributed by atoms with Crippen LogP contribution >= 0.6 is 23.8 Å². The van der Waals surface area contributed by atoms with E-state index in [0.29, 0.717) is 35.4 Å². The summed E-state index contributed by atoms with van der Waals surface area (Å²) in [5.41, 5.74) is 1.10. The Kier molecular flexibility index (Phi) is 6.92. The van der Waals surface area contributed by atoms with Crippen LogP contribution in [0.25, 0.3) is 0 Å². The molecule has 0 aliphatic rings. The largest absolute Gasteiger partial charge is 0.491 e. The van der Waals surface area contributed by atoms with Crippen molar-refractivity contribution < 1.29 is 14.3 Å². The molecule has 6 nitrogen and oxygen atoms in total. The fourth-order valence-corrected chi connectivity index (χ4v) is 2.06. The van der Waals surface area contributed by atoms with Crippen LogP contribution in [0, 0.1) is 0 Å². The van der Waals surface area contributed by atoms with Gasteiger partial charge in [-0.2, -0.15) is 0 Å². The summed E-state index contributed by atoms with van der Waals surface area (Å²) in [7, 11) is 1.60. The fourth-order valence-electron chi connectivity index (χ4n) is 1.73. The molecule has 1 aromatic carbocycles. The molecule has 0 unspecified atom stereocenters. The molecule has 0 aliphatic carbocycles. The molecular weight excluding hydrogens is 350 g/mol. The maximum atomic E-state index is 12.1. The first-order chi connectivity index (χ1) is 11.6. The number of hydrogen-bond donors (Lipinski definition) is 2. The van der Waals surface area contributed by atoms with Crippen LogP contribution in [0.5, 0.6) is 5.75 Å². The van der Waals surface area contributed by atoms with Crippen LogP contribution in [-0.4, -0.2) is 36.3 Å². The summed E-state index contributed by atoms with van der Waals surface area (Å²) in [4.78, 5) is 16.1. The van der Waals surface area contributed by atoms with Gasteiger partial charge >= 0.3 is 0 Å². The molecule has 1 aromatic heterocycles. The molecule has 0 bridgehead atoms. The van der Waals surface area contributed by atoms with Crippen LogP contribution in [0.3, 0.4) is 0 Å². The molecule has 2 aromatic rings. The first-order valence-corrected chi connectivity index (χ1v) is 7.83. The minimum Gasteiger partial charge on any atom is -0.491 e. The third kappa shape index (κ3) is 5.77. The van der Waals surface area contributed by atoms with E-state index in [1.54, 1.807) is 43.5 Å². The van der Waals surface area contributed by atoms with Crippen LogP contribution in [0.2, 0.25) is 5.15 Å². The Balaban J connectivity index is 1.86. The SMILES string of the molecule is COCCOc1ccc(C(=O)NC(=S)Nc2ccc(Cl)nc2)cc1. The number of pyridine rings is 1. The number of nitrogens with zero attached hydrogens (tertiary/aromatic N) is 1. The highest BCUT2D eigenvalue weighted by Crippen LogP contribution is 2.12. The molecule has 0 fully saturated rings. The molecule has 0 radical (unpaired) electrons. The molecule has 2 N–H and O–H groups in total. The van der Waals surface area contributed by atoms with Crippen molar-refractivity contribution in [3.8, 4) is 5.75 Å². The first kappa shape index (κ1) is 18.1. The van der Waals surface area contributed by atoms with Gasteiger partial charge in [0.1, 0.15) is 17.5 Å². The third-order valence-electron chi connectivity index (χ3n) is 2.89. The van der Waals surface area contributed by atoms with Crippen LogP contribution < -0.4 is 15.4 Å². The van der Waals surface area contributed by atoms with Crippen molar-refractivity contribution in [2.45, 2.75) is 0 Å². The van der Waals surface area contributed by atoms with Crippen molar-refractivity contribution >= 4 is 40.5 Å². The smallest absolute Gasteiger partial charge is 0.257 e. The van der Waals surface area contributed by atoms with Gasteiger partial charge < -0.3 is 14.8 Å². The molecular formula is C16H16ClN3O3S. The van der Waals surface area contributed by atoms with Crippen molar-refractivity contribution in [3.05, 3.63) is 53.3 Å². The molecule has 1 amide bonds. The number of rotatable bonds is 6. The van der Waals surface area contributed by atoms with Crippen LogP contribution in [-0.2, 0) is 4.74 Å². The normalized spacial score (nSPS) is 10.1. The number of carbonyl (C=O) groups excluding carboxylic acids is 1. The Bertz CT molecular complexity index is 693. The molecule has 0 aliphatic heterocycles. The van der Waals surface area contributed by atoms with Gasteiger partial charge in [-0.3, -0.25) is 10.1 Å². The van der Waals surface area contributed by atoms with Gasteiger partial charge in [0.25, 0.3) is 5.91 Å². The second-order valence-electron chi connectivity index (χ2n) is 4.64. The maximum Gasteiger partial charge on any atom is 0.257 e. The third-order valence-corrected chi connectivity index (χ3v) is 3.31. The molecule has 0 spiro atoms. The summed E-state index contributed by atoms with van der Waals surface area (Å²) in [6.07, 6.45) is 1.52. The number of anilines is 1. The number of ether oxygens (including phenoxy) is 2. The summed E-state index contributed by atoms with van der Waals surface area (Å²) in [6, 6.07) is 10.1. The summed E-state index contributed by atoms with van der Waals surface area (Å²) in [6.45, 7) is 0.951. The standard InChI is InChI=1S/C16H16ClN3O3S/c1-22-8-9-23-13-5-2-11(3-6-13)15(21)20-16(24)19-12-4-7-14(17)18-10-12/h2-7,10H,8-9H2,1H3,(H2,19,20,21,24). The zero-order valence-electron chi connectivity index (χ0n) is 12.9. The van der Waals surface area contributed by atoms with Crippen molar-refractivity contribution in [1.29, 1.82) is 0 Å². The molecule has 126 valence electrons. The summed E-state index contributed by atoms with van der Waals surface area (Å²) >= 11 is 10.8. The number of thiocarbonyl (C=S) groups is 1. The lowest BCUT2D eigenvalue weighted by atomic mass is 10.2. The van der Waals surface area contributed by atoms with E-state index in [2.05, 4.69) is 15.6 Å². The number of nitrogens with one attached hydrogen (secondary N) is 2. The van der Waals surface area contributed by atoms with E-state index in [4.69, 9.17) is 33.3 Å². The number of hydrogen-bond acceptors (Lipinski definition) is 5. The van der Waals surface area contributed by atoms with Gasteiger partial charge in [0.05, 0.1) is 18.5 Å². The second-order valence-corrected chi connectivity index (χ2v) is 5.44. The highest BCUT2D eigenvalue weighted by atomic mass is 35.5. The number of halogens is 1. The van der Waals surface area contributed by atoms with Gasteiger partial charge in [-0.1, -0.05) is 11.6 Å². The fraction of sp³-hybridized carbons (Fsp3) is 0.188. The number of amides is 1. The Morgan fingerprint density at radius 3 is 2.58 bits per heavy atom. The topological polar surface area (TPSA) is 72.5 Å². The number of aromatic nitrogens is 1. The Morgan fingerprint density at radius 2 is 1.96 bits per heavy atom. The van der Waals surface area contributed by atoms with Crippen molar-refractivity contribution in [1.82, 2.24) is 10.3 Å². The highest BCUT2D eigenvalue weighted by Gasteiger charge is 2.08. The number of carbonyl (C=O) groups is 1. The predicted octanol–water partition coefficient (Wildman–Crippen LogP) is 2.89. The average molecular weight is 366 g/mol. The summed E-state index contributed by atoms with van der Waals surface area (Å²) in [5, 5.41) is 6.00. The van der Waals surface area contributed by atoms with Crippen LogP contribution in [0.15, 0.2) is 42.6 Å². The maximum absolute atomic E-state index is 12.1. The zero-order valence-corrected chi connectivity index (χ0v) is 14.5. The molecule has 0 atom stereocenters. The predicted molar refractivity (Wildman–Crippen MR) is 96.7 cm³/mol. The average Bonchev–Trinajstić information content (AvgIpc) is 2.58. The lowest BCUT2D eigenvalue weighted by molar-refractivity contribution is 0.0977. The molecule has 0 saturated carbocycles. The Morgan fingerprint density at radius 1 is 1.21 bits per heavy atom. The van der Waals surface area contributed by atoms with Gasteiger partial charge in [-0.05, 0) is 48.6 Å². The van der Waals surface area contributed by atoms with Gasteiger partial charge in [-0.15, -0.1) is 0 Å². The van der Waals surface area contributed by atoms with Gasteiger partial charge in [0.2, 0.25) is 0 Å². The van der Waals surface area contributed by atoms with E-state index in [1.165, 1.54) is 6.20 Å². The monoisotopic (exact) mass is 365 g/mol. The van der Waals surface area contributed by atoms with E-state index >= 15 is 0 Å². The quantitative estimate of drug-likeness (QED) is 0.466. The molecule has 1 heterocycles. The van der Waals surface area contributed by atoms with Gasteiger partial charge in [0.15, 0.2) is 5.11 Å². The molecule has 2 rings (SSSR count). The van der Waals surface area contributed by atoms with Crippen molar-refractivity contribution in [2.75, 3.05) is 25.6 Å². The minimum atomic E-state index is -0.321. The van der Waals surface area contributed by atoms with Gasteiger partial charge in [-0.25, -0.2) is 4.98 Å². The highest BCUT2D eigenvalue weighted by molar-refractivity contribution is 7.80. The first-order valence-electron chi connectivity index (χ1n) is 7.04. The number of benzene rings is 1. The minimum absolute atomic E-state index is 0.171. The van der Waals surface area contributed by atoms with Crippen LogP contribution in [0.4, 0.5) is 5.69 Å². The van der Waals surface area contributed by atoms with E-state index in [0.717, 1.165) is 0 Å². The van der Waals surface area contributed by atoms with Crippen molar-refractivity contribution in [2.24, 2.45) is 0 Å². The van der Waals surface area contributed by atoms with Crippen molar-refractivity contribution in [3.63, 3.8) is 0 Å². The van der Waals surface area contributed by atoms with Gasteiger partial charge in [0, 0.05) is 12.7 Å². The lowest BCUT2D eigenvalue weighted by Crippen LogP contribution is -2.34. The number of methoxy groups -OCH3 is 1. The van der Waals surface area contributed by atoms with E-state index in [1.807, 2.05) is 0 Å². The van der Waals surface area contributed by atoms with Crippen LogP contribution in [0.1, 0.15) is 10.4 Å². The molecule has 0 saturated heterocycles.